The van der Waals surface area contributed by atoms with Crippen LogP contribution in [0.4, 0.5) is 0 Å². The summed E-state index contributed by atoms with van der Waals surface area (Å²) in [5.74, 6) is 0. The lowest BCUT2D eigenvalue weighted by molar-refractivity contribution is 1.12. The molecule has 0 N–H and O–H groups in total. The van der Waals surface area contributed by atoms with E-state index in [-0.39, 0.29) is 0 Å². The van der Waals surface area contributed by atoms with Gasteiger partial charge in [0.15, 0.2) is 0 Å². The molecule has 0 spiro atoms. The smallest absolute Gasteiger partial charge is 0.0494 e. The van der Waals surface area contributed by atoms with Gasteiger partial charge in [0.2, 0.25) is 0 Å². The molecule has 1 aromatic carbocycles. The van der Waals surface area contributed by atoms with Crippen LogP contribution in [0.1, 0.15) is 16.0 Å². The molecule has 0 nitrogen and oxygen atoms in total. The molecule has 0 aliphatic rings. The number of hydrogen-bond donors (Lipinski definition) is 0. The molecule has 0 fully saturated rings. The van der Waals surface area contributed by atoms with Gasteiger partial charge in [-0.15, -0.1) is 0 Å². The highest BCUT2D eigenvalue weighted by Gasteiger charge is 2.06. The maximum absolute atomic E-state index is 3.59. The third-order valence-corrected chi connectivity index (χ3v) is 3.99. The molecule has 0 saturated carbocycles. The topological polar surface area (TPSA) is 0 Å². The summed E-state index contributed by atoms with van der Waals surface area (Å²) in [6, 6.07) is 8.41. The fourth-order valence-corrected chi connectivity index (χ4v) is 1.88. The Kier molecular flexibility index (Phi) is 3.60. The predicted octanol–water partition coefficient (Wildman–Crippen LogP) is 3.83. The van der Waals surface area contributed by atoms with E-state index < -0.39 is 0 Å². The Bertz CT molecular complexity index is 233. The largest absolute Gasteiger partial charge is 0.0912 e. The second-order valence-corrected chi connectivity index (χ2v) is 4.23. The predicted molar refractivity (Wildman–Crippen MR) is 56.6 cm³/mol. The van der Waals surface area contributed by atoms with Crippen molar-refractivity contribution in [3.63, 3.8) is 0 Å². The van der Waals surface area contributed by atoms with Crippen LogP contribution < -0.4 is 0 Å². The minimum Gasteiger partial charge on any atom is -0.0912 e. The summed E-state index contributed by atoms with van der Waals surface area (Å²) in [5.41, 5.74) is 2.71. The number of rotatable bonds is 2. The first-order chi connectivity index (χ1) is 5.25. The monoisotopic (exact) mass is 276 g/mol. The van der Waals surface area contributed by atoms with E-state index in [1.165, 1.54) is 11.1 Å². The lowest BCUT2D eigenvalue weighted by atomic mass is 10.1. The molecule has 0 saturated heterocycles. The Balaban J connectivity index is 2.93. The van der Waals surface area contributed by atoms with Gasteiger partial charge in [0, 0.05) is 10.2 Å². The average molecular weight is 278 g/mol. The van der Waals surface area contributed by atoms with Gasteiger partial charge >= 0.3 is 0 Å². The third-order valence-electron chi connectivity index (χ3n) is 1.66. The molecular formula is C9H10Br2. The van der Waals surface area contributed by atoms with Gasteiger partial charge in [0.05, 0.1) is 0 Å². The molecule has 0 aliphatic heterocycles. The molecule has 2 heteroatoms. The number of aryl methyl sites for hydroxylation is 1. The maximum atomic E-state index is 3.59. The summed E-state index contributed by atoms with van der Waals surface area (Å²) in [6.07, 6.45) is 0. The molecule has 60 valence electrons. The van der Waals surface area contributed by atoms with Crippen molar-refractivity contribution in [2.24, 2.45) is 0 Å². The van der Waals surface area contributed by atoms with E-state index in [2.05, 4.69) is 63.0 Å². The van der Waals surface area contributed by atoms with Crippen LogP contribution >= 0.6 is 31.9 Å². The highest BCUT2D eigenvalue weighted by molar-refractivity contribution is 9.12. The highest BCUT2D eigenvalue weighted by atomic mass is 79.9. The van der Waals surface area contributed by atoms with Gasteiger partial charge in [0.1, 0.15) is 0 Å². The first-order valence-corrected chi connectivity index (χ1v) is 5.55. The standard InChI is InChI=1S/C9H10Br2/c1-7-4-2-3-5-8(7)9(11)6-10/h2-5,9H,6H2,1H3. The fourth-order valence-electron chi connectivity index (χ4n) is 1.02. The zero-order chi connectivity index (χ0) is 8.27. The molecule has 0 radical (unpaired) electrons. The Labute approximate surface area is 84.3 Å². The van der Waals surface area contributed by atoms with Gasteiger partial charge in [-0.05, 0) is 18.1 Å². The molecular weight excluding hydrogens is 268 g/mol. The zero-order valence-electron chi connectivity index (χ0n) is 6.35. The molecule has 1 atom stereocenters. The van der Waals surface area contributed by atoms with Crippen molar-refractivity contribution in [3.8, 4) is 0 Å². The molecule has 1 aromatic rings. The van der Waals surface area contributed by atoms with E-state index in [1.54, 1.807) is 0 Å². The molecule has 0 amide bonds. The van der Waals surface area contributed by atoms with Gasteiger partial charge in [-0.2, -0.15) is 0 Å². The first-order valence-electron chi connectivity index (χ1n) is 3.51. The van der Waals surface area contributed by atoms with E-state index in [1.807, 2.05) is 0 Å². The van der Waals surface area contributed by atoms with Crippen molar-refractivity contribution >= 4 is 31.9 Å². The molecule has 11 heavy (non-hydrogen) atoms. The van der Waals surface area contributed by atoms with Crippen LogP contribution in [-0.4, -0.2) is 5.33 Å². The Morgan fingerprint density at radius 2 is 2.00 bits per heavy atom. The van der Waals surface area contributed by atoms with Crippen molar-refractivity contribution in [1.82, 2.24) is 0 Å². The lowest BCUT2D eigenvalue weighted by Gasteiger charge is -2.08. The summed E-state index contributed by atoms with van der Waals surface area (Å²) >= 11 is 7.03. The SMILES string of the molecule is Cc1ccccc1C(Br)CBr. The minimum atomic E-state index is 0.434. The van der Waals surface area contributed by atoms with Crippen LogP contribution in [0, 0.1) is 6.92 Å². The van der Waals surface area contributed by atoms with Gasteiger partial charge in [0.25, 0.3) is 0 Å². The van der Waals surface area contributed by atoms with Crippen molar-refractivity contribution in [2.75, 3.05) is 5.33 Å². The van der Waals surface area contributed by atoms with Crippen molar-refractivity contribution < 1.29 is 0 Å². The summed E-state index contributed by atoms with van der Waals surface area (Å²) < 4.78 is 0. The zero-order valence-corrected chi connectivity index (χ0v) is 9.52. The lowest BCUT2D eigenvalue weighted by Crippen LogP contribution is -1.93. The summed E-state index contributed by atoms with van der Waals surface area (Å²) in [4.78, 5) is 0.434. The molecule has 0 heterocycles. The van der Waals surface area contributed by atoms with Crippen molar-refractivity contribution in [3.05, 3.63) is 35.4 Å². The van der Waals surface area contributed by atoms with Crippen LogP contribution in [0.15, 0.2) is 24.3 Å². The van der Waals surface area contributed by atoms with Crippen LogP contribution in [0.5, 0.6) is 0 Å². The minimum absolute atomic E-state index is 0.434. The van der Waals surface area contributed by atoms with Crippen LogP contribution in [0.3, 0.4) is 0 Å². The van der Waals surface area contributed by atoms with Crippen LogP contribution in [0.25, 0.3) is 0 Å². The van der Waals surface area contributed by atoms with Gasteiger partial charge in [-0.1, -0.05) is 56.1 Å². The van der Waals surface area contributed by atoms with Crippen LogP contribution in [-0.2, 0) is 0 Å². The van der Waals surface area contributed by atoms with Crippen molar-refractivity contribution in [2.45, 2.75) is 11.8 Å². The van der Waals surface area contributed by atoms with Gasteiger partial charge in [-0.25, -0.2) is 0 Å². The molecule has 1 rings (SSSR count). The summed E-state index contributed by atoms with van der Waals surface area (Å²) in [5, 5.41) is 0.956. The number of benzene rings is 1. The normalized spacial score (nSPS) is 13.0. The van der Waals surface area contributed by atoms with E-state index in [0.717, 1.165) is 5.33 Å². The van der Waals surface area contributed by atoms with E-state index in [4.69, 9.17) is 0 Å². The Morgan fingerprint density at radius 1 is 1.36 bits per heavy atom. The Morgan fingerprint density at radius 3 is 2.55 bits per heavy atom. The second kappa shape index (κ2) is 4.27. The second-order valence-electron chi connectivity index (χ2n) is 2.48. The summed E-state index contributed by atoms with van der Waals surface area (Å²) in [7, 11) is 0. The molecule has 0 bridgehead atoms. The number of hydrogen-bond acceptors (Lipinski definition) is 0. The molecule has 0 aromatic heterocycles. The Hall–Kier alpha value is 0.180. The molecule has 0 aliphatic carbocycles. The van der Waals surface area contributed by atoms with E-state index in [9.17, 15) is 0 Å². The number of halogens is 2. The third kappa shape index (κ3) is 2.31. The fraction of sp³-hybridized carbons (Fsp3) is 0.333. The quantitative estimate of drug-likeness (QED) is 0.721. The van der Waals surface area contributed by atoms with Crippen LogP contribution in [0.2, 0.25) is 0 Å². The highest BCUT2D eigenvalue weighted by Crippen LogP contribution is 2.26. The average Bonchev–Trinajstić information content (AvgIpc) is 2.04. The first kappa shape index (κ1) is 9.27. The van der Waals surface area contributed by atoms with E-state index >= 15 is 0 Å². The molecule has 1 unspecified atom stereocenters. The van der Waals surface area contributed by atoms with Gasteiger partial charge < -0.3 is 0 Å². The van der Waals surface area contributed by atoms with Crippen molar-refractivity contribution in [1.29, 1.82) is 0 Å². The summed E-state index contributed by atoms with van der Waals surface area (Å²) in [6.45, 7) is 2.13. The number of alkyl halides is 2. The van der Waals surface area contributed by atoms with Gasteiger partial charge in [-0.3, -0.25) is 0 Å². The van der Waals surface area contributed by atoms with E-state index in [0.29, 0.717) is 4.83 Å². The maximum Gasteiger partial charge on any atom is 0.0494 e.